The van der Waals surface area contributed by atoms with Crippen LogP contribution in [0.4, 0.5) is 0 Å². The SMILES string of the molecule is O=C(NCc1nc2ccccc2s1)C1CCN(C(=O)c2ccc(Br)cc2)CC1. The summed E-state index contributed by atoms with van der Waals surface area (Å²) >= 11 is 4.99. The van der Waals surface area contributed by atoms with Gasteiger partial charge in [0.1, 0.15) is 5.01 Å². The quantitative estimate of drug-likeness (QED) is 0.637. The van der Waals surface area contributed by atoms with Gasteiger partial charge in [-0.2, -0.15) is 0 Å². The first kappa shape index (κ1) is 19.1. The van der Waals surface area contributed by atoms with Crippen LogP contribution in [-0.2, 0) is 11.3 Å². The minimum Gasteiger partial charge on any atom is -0.349 e. The lowest BCUT2D eigenvalue weighted by molar-refractivity contribution is -0.126. The predicted octanol–water partition coefficient (Wildman–Crippen LogP) is 4.23. The van der Waals surface area contributed by atoms with Crippen molar-refractivity contribution >= 4 is 49.3 Å². The van der Waals surface area contributed by atoms with E-state index in [9.17, 15) is 9.59 Å². The van der Waals surface area contributed by atoms with Crippen molar-refractivity contribution in [3.8, 4) is 0 Å². The maximum absolute atomic E-state index is 12.6. The molecule has 2 amide bonds. The fourth-order valence-electron chi connectivity index (χ4n) is 3.42. The lowest BCUT2D eigenvalue weighted by Gasteiger charge is -2.31. The van der Waals surface area contributed by atoms with Crippen LogP contribution in [0.2, 0.25) is 0 Å². The summed E-state index contributed by atoms with van der Waals surface area (Å²) in [5.41, 5.74) is 1.65. The highest BCUT2D eigenvalue weighted by Gasteiger charge is 2.27. The Bertz CT molecular complexity index is 961. The van der Waals surface area contributed by atoms with Gasteiger partial charge in [0.2, 0.25) is 5.91 Å². The summed E-state index contributed by atoms with van der Waals surface area (Å²) in [5, 5.41) is 3.93. The van der Waals surface area contributed by atoms with Gasteiger partial charge in [0.05, 0.1) is 16.8 Å². The first-order valence-electron chi connectivity index (χ1n) is 9.27. The molecule has 0 spiro atoms. The molecule has 0 unspecified atom stereocenters. The second-order valence-corrected chi connectivity index (χ2v) is 8.90. The Morgan fingerprint density at radius 1 is 1.11 bits per heavy atom. The number of carbonyl (C=O) groups excluding carboxylic acids is 2. The second kappa shape index (κ2) is 8.41. The summed E-state index contributed by atoms with van der Waals surface area (Å²) < 4.78 is 2.08. The van der Waals surface area contributed by atoms with Crippen LogP contribution in [0.3, 0.4) is 0 Å². The maximum Gasteiger partial charge on any atom is 0.253 e. The van der Waals surface area contributed by atoms with Crippen molar-refractivity contribution in [2.75, 3.05) is 13.1 Å². The fraction of sp³-hybridized carbons (Fsp3) is 0.286. The number of fused-ring (bicyclic) bond motifs is 1. The van der Waals surface area contributed by atoms with E-state index in [2.05, 4.69) is 26.2 Å². The molecule has 7 heteroatoms. The van der Waals surface area contributed by atoms with Crippen LogP contribution < -0.4 is 5.32 Å². The van der Waals surface area contributed by atoms with Crippen LogP contribution in [0.15, 0.2) is 53.0 Å². The van der Waals surface area contributed by atoms with E-state index in [1.54, 1.807) is 11.3 Å². The van der Waals surface area contributed by atoms with Gasteiger partial charge >= 0.3 is 0 Å². The molecule has 4 rings (SSSR count). The maximum atomic E-state index is 12.6. The van der Waals surface area contributed by atoms with Crippen LogP contribution in [0.1, 0.15) is 28.2 Å². The molecule has 1 aliphatic rings. The number of aromatic nitrogens is 1. The third-order valence-electron chi connectivity index (χ3n) is 5.00. The van der Waals surface area contributed by atoms with Gasteiger partial charge < -0.3 is 10.2 Å². The molecule has 1 N–H and O–H groups in total. The minimum atomic E-state index is -0.0525. The Kier molecular flexibility index (Phi) is 5.73. The number of halogens is 1. The van der Waals surface area contributed by atoms with Gasteiger partial charge in [-0.1, -0.05) is 28.1 Å². The molecule has 1 saturated heterocycles. The molecule has 0 radical (unpaired) electrons. The minimum absolute atomic E-state index is 0.0285. The number of amides is 2. The Hall–Kier alpha value is -2.25. The van der Waals surface area contributed by atoms with Crippen molar-refractivity contribution < 1.29 is 9.59 Å². The molecule has 0 bridgehead atoms. The van der Waals surface area contributed by atoms with E-state index in [4.69, 9.17) is 0 Å². The average molecular weight is 458 g/mol. The van der Waals surface area contributed by atoms with Gasteiger partial charge in [0.25, 0.3) is 5.91 Å². The van der Waals surface area contributed by atoms with Crippen molar-refractivity contribution in [2.45, 2.75) is 19.4 Å². The van der Waals surface area contributed by atoms with Gasteiger partial charge in [-0.3, -0.25) is 9.59 Å². The molecule has 1 fully saturated rings. The van der Waals surface area contributed by atoms with Crippen LogP contribution in [0.25, 0.3) is 10.2 Å². The van der Waals surface area contributed by atoms with Crippen molar-refractivity contribution in [1.29, 1.82) is 0 Å². The molecule has 28 heavy (non-hydrogen) atoms. The summed E-state index contributed by atoms with van der Waals surface area (Å²) in [5.74, 6) is 0.0270. The van der Waals surface area contributed by atoms with Crippen LogP contribution >= 0.6 is 27.3 Å². The lowest BCUT2D eigenvalue weighted by Crippen LogP contribution is -2.42. The van der Waals surface area contributed by atoms with E-state index < -0.39 is 0 Å². The van der Waals surface area contributed by atoms with Crippen LogP contribution in [0, 0.1) is 5.92 Å². The molecular formula is C21H20BrN3O2S. The smallest absolute Gasteiger partial charge is 0.253 e. The topological polar surface area (TPSA) is 62.3 Å². The van der Waals surface area contributed by atoms with E-state index in [-0.39, 0.29) is 17.7 Å². The van der Waals surface area contributed by atoms with Gasteiger partial charge in [-0.05, 0) is 49.2 Å². The van der Waals surface area contributed by atoms with Crippen molar-refractivity contribution in [1.82, 2.24) is 15.2 Å². The molecule has 1 aliphatic heterocycles. The standard InChI is InChI=1S/C21H20BrN3O2S/c22-16-7-5-15(6-8-16)21(27)25-11-9-14(10-12-25)20(26)23-13-19-24-17-3-1-2-4-18(17)28-19/h1-8,14H,9-13H2,(H,23,26). The van der Waals surface area contributed by atoms with Crippen LogP contribution in [-0.4, -0.2) is 34.8 Å². The highest BCUT2D eigenvalue weighted by atomic mass is 79.9. The molecule has 0 aliphatic carbocycles. The number of piperidine rings is 1. The normalized spacial score (nSPS) is 15.0. The number of benzene rings is 2. The monoisotopic (exact) mass is 457 g/mol. The number of carbonyl (C=O) groups is 2. The summed E-state index contributed by atoms with van der Waals surface area (Å²) in [6.07, 6.45) is 1.38. The van der Waals surface area contributed by atoms with Crippen molar-refractivity contribution in [3.63, 3.8) is 0 Å². The molecule has 0 atom stereocenters. The summed E-state index contributed by atoms with van der Waals surface area (Å²) in [6, 6.07) is 15.4. The summed E-state index contributed by atoms with van der Waals surface area (Å²) in [4.78, 5) is 31.5. The lowest BCUT2D eigenvalue weighted by atomic mass is 9.95. The molecule has 0 saturated carbocycles. The van der Waals surface area contributed by atoms with Crippen LogP contribution in [0.5, 0.6) is 0 Å². The number of hydrogen-bond donors (Lipinski definition) is 1. The average Bonchev–Trinajstić information content (AvgIpc) is 3.15. The van der Waals surface area contributed by atoms with E-state index in [1.807, 2.05) is 53.4 Å². The number of thiazole rings is 1. The molecular weight excluding hydrogens is 438 g/mol. The van der Waals surface area contributed by atoms with E-state index in [0.717, 1.165) is 19.7 Å². The summed E-state index contributed by atoms with van der Waals surface area (Å²) in [6.45, 7) is 1.67. The number of likely N-dealkylation sites (tertiary alicyclic amines) is 1. The van der Waals surface area contributed by atoms with Crippen molar-refractivity contribution in [3.05, 3.63) is 63.6 Å². The largest absolute Gasteiger partial charge is 0.349 e. The zero-order chi connectivity index (χ0) is 19.5. The third-order valence-corrected chi connectivity index (χ3v) is 6.56. The Labute approximate surface area is 175 Å². The van der Waals surface area contributed by atoms with Gasteiger partial charge in [-0.25, -0.2) is 4.98 Å². The third kappa shape index (κ3) is 4.25. The molecule has 2 aromatic carbocycles. The Morgan fingerprint density at radius 2 is 1.82 bits per heavy atom. The number of hydrogen-bond acceptors (Lipinski definition) is 4. The second-order valence-electron chi connectivity index (χ2n) is 6.87. The van der Waals surface area contributed by atoms with Gasteiger partial charge in [0.15, 0.2) is 0 Å². The number of rotatable bonds is 4. The molecule has 144 valence electrons. The number of nitrogens with zero attached hydrogens (tertiary/aromatic N) is 2. The van der Waals surface area contributed by atoms with E-state index in [0.29, 0.717) is 38.0 Å². The number of nitrogens with one attached hydrogen (secondary N) is 1. The molecule has 2 heterocycles. The predicted molar refractivity (Wildman–Crippen MR) is 114 cm³/mol. The Balaban J connectivity index is 1.28. The summed E-state index contributed by atoms with van der Waals surface area (Å²) in [7, 11) is 0. The van der Waals surface area contributed by atoms with E-state index in [1.165, 1.54) is 0 Å². The van der Waals surface area contributed by atoms with Gasteiger partial charge in [0, 0.05) is 29.0 Å². The molecule has 5 nitrogen and oxygen atoms in total. The Morgan fingerprint density at radius 3 is 2.54 bits per heavy atom. The van der Waals surface area contributed by atoms with E-state index >= 15 is 0 Å². The zero-order valence-corrected chi connectivity index (χ0v) is 17.6. The highest BCUT2D eigenvalue weighted by molar-refractivity contribution is 9.10. The molecule has 3 aromatic rings. The van der Waals surface area contributed by atoms with Crippen molar-refractivity contribution in [2.24, 2.45) is 5.92 Å². The fourth-order valence-corrected chi connectivity index (χ4v) is 4.59. The number of para-hydroxylation sites is 1. The first-order valence-corrected chi connectivity index (χ1v) is 10.9. The zero-order valence-electron chi connectivity index (χ0n) is 15.2. The first-order chi connectivity index (χ1) is 13.6. The molecule has 1 aromatic heterocycles. The van der Waals surface area contributed by atoms with Gasteiger partial charge in [-0.15, -0.1) is 11.3 Å². The highest BCUT2D eigenvalue weighted by Crippen LogP contribution is 2.23.